The summed E-state index contributed by atoms with van der Waals surface area (Å²) in [5.41, 5.74) is 3.98. The number of rotatable bonds is 6. The van der Waals surface area contributed by atoms with Crippen LogP contribution in [0.15, 0.2) is 71.4 Å². The van der Waals surface area contributed by atoms with Crippen LogP contribution in [0, 0.1) is 14.1 Å². The van der Waals surface area contributed by atoms with Gasteiger partial charge in [0.25, 0.3) is 0 Å². The van der Waals surface area contributed by atoms with Crippen molar-refractivity contribution in [3.05, 3.63) is 95.8 Å². The molecule has 4 rings (SSSR count). The Morgan fingerprint density at radius 3 is 2.56 bits per heavy atom. The van der Waals surface area contributed by atoms with Gasteiger partial charge in [-0.2, -0.15) is 0 Å². The summed E-state index contributed by atoms with van der Waals surface area (Å²) in [6.45, 7) is 2.43. The smallest absolute Gasteiger partial charge is 0.363 e. The molecule has 7 heteroatoms. The fourth-order valence-electron chi connectivity index (χ4n) is 3.13. The number of aryl methyl sites for hydroxylation is 1. The fraction of sp³-hybridized carbons (Fsp3) is 0.120. The van der Waals surface area contributed by atoms with Gasteiger partial charge in [0, 0.05) is 9.13 Å². The zero-order valence-corrected chi connectivity index (χ0v) is 21.7. The van der Waals surface area contributed by atoms with E-state index in [1.807, 2.05) is 61.5 Å². The summed E-state index contributed by atoms with van der Waals surface area (Å²) in [6.07, 6.45) is 1.69. The van der Waals surface area contributed by atoms with Gasteiger partial charge in [0.2, 0.25) is 5.90 Å². The van der Waals surface area contributed by atoms with Crippen LogP contribution in [-0.2, 0) is 16.1 Å². The van der Waals surface area contributed by atoms with Crippen molar-refractivity contribution in [3.63, 3.8) is 0 Å². The summed E-state index contributed by atoms with van der Waals surface area (Å²) in [6, 6.07) is 19.6. The molecule has 0 aliphatic carbocycles. The summed E-state index contributed by atoms with van der Waals surface area (Å²) >= 11 is 4.48. The molecule has 0 aromatic heterocycles. The van der Waals surface area contributed by atoms with Gasteiger partial charge in [0.1, 0.15) is 6.61 Å². The Morgan fingerprint density at radius 1 is 1.06 bits per heavy atom. The first kappa shape index (κ1) is 22.8. The quantitative estimate of drug-likeness (QED) is 0.183. The van der Waals surface area contributed by atoms with Gasteiger partial charge >= 0.3 is 5.97 Å². The molecule has 0 N–H and O–H groups in total. The molecule has 0 saturated carbocycles. The Hall–Kier alpha value is -2.40. The van der Waals surface area contributed by atoms with Crippen LogP contribution in [-0.4, -0.2) is 19.0 Å². The Balaban J connectivity index is 1.59. The van der Waals surface area contributed by atoms with Crippen molar-refractivity contribution >= 4 is 63.1 Å². The highest BCUT2D eigenvalue weighted by Crippen LogP contribution is 2.35. The molecular weight excluding hydrogens is 632 g/mol. The molecule has 0 spiro atoms. The van der Waals surface area contributed by atoms with Gasteiger partial charge in [0.15, 0.2) is 17.2 Å². The number of cyclic esters (lactones) is 1. The Bertz CT molecular complexity index is 1230. The van der Waals surface area contributed by atoms with Gasteiger partial charge in [-0.15, -0.1) is 0 Å². The zero-order valence-electron chi connectivity index (χ0n) is 17.4. The first-order valence-electron chi connectivity index (χ1n) is 9.77. The average Bonchev–Trinajstić information content (AvgIpc) is 3.13. The maximum Gasteiger partial charge on any atom is 0.363 e. The fourth-order valence-corrected chi connectivity index (χ4v) is 4.52. The van der Waals surface area contributed by atoms with Crippen LogP contribution in [0.3, 0.4) is 0 Å². The summed E-state index contributed by atoms with van der Waals surface area (Å²) in [5, 5.41) is 0. The number of nitrogens with zero attached hydrogens (tertiary/aromatic N) is 1. The molecule has 0 unspecified atom stereocenters. The molecule has 3 aromatic carbocycles. The monoisotopic (exact) mass is 651 g/mol. The Morgan fingerprint density at radius 2 is 1.84 bits per heavy atom. The summed E-state index contributed by atoms with van der Waals surface area (Å²) in [7, 11) is 1.60. The zero-order chi connectivity index (χ0) is 22.7. The lowest BCUT2D eigenvalue weighted by molar-refractivity contribution is -0.129. The second kappa shape index (κ2) is 10.0. The van der Waals surface area contributed by atoms with Crippen LogP contribution in [0.1, 0.15) is 22.3 Å². The van der Waals surface area contributed by atoms with Crippen molar-refractivity contribution in [2.45, 2.75) is 13.5 Å². The third kappa shape index (κ3) is 5.32. The minimum atomic E-state index is -0.478. The van der Waals surface area contributed by atoms with E-state index < -0.39 is 5.97 Å². The number of methoxy groups -OCH3 is 1. The van der Waals surface area contributed by atoms with Crippen LogP contribution in [0.2, 0.25) is 0 Å². The van der Waals surface area contributed by atoms with Crippen molar-refractivity contribution < 1.29 is 19.0 Å². The summed E-state index contributed by atoms with van der Waals surface area (Å²) < 4.78 is 19.0. The average molecular weight is 651 g/mol. The van der Waals surface area contributed by atoms with E-state index in [1.54, 1.807) is 13.2 Å². The maximum atomic E-state index is 12.4. The number of hydrogen-bond donors (Lipinski definition) is 0. The molecule has 0 atom stereocenters. The van der Waals surface area contributed by atoms with E-state index >= 15 is 0 Å². The second-order valence-electron chi connectivity index (χ2n) is 7.15. The van der Waals surface area contributed by atoms with E-state index in [4.69, 9.17) is 14.2 Å². The highest BCUT2D eigenvalue weighted by molar-refractivity contribution is 14.1. The molecule has 3 aromatic rings. The lowest BCUT2D eigenvalue weighted by atomic mass is 10.1. The molecule has 1 heterocycles. The van der Waals surface area contributed by atoms with E-state index in [2.05, 4.69) is 56.2 Å². The number of benzene rings is 3. The molecule has 0 fully saturated rings. The van der Waals surface area contributed by atoms with Gasteiger partial charge in [-0.25, -0.2) is 9.79 Å². The summed E-state index contributed by atoms with van der Waals surface area (Å²) in [5.74, 6) is 1.07. The largest absolute Gasteiger partial charge is 0.493 e. The number of halogens is 2. The number of hydrogen-bond acceptors (Lipinski definition) is 5. The minimum Gasteiger partial charge on any atom is -0.493 e. The molecule has 1 aliphatic heterocycles. The minimum absolute atomic E-state index is 0.242. The van der Waals surface area contributed by atoms with Crippen molar-refractivity contribution in [1.29, 1.82) is 0 Å². The number of aliphatic imine (C=N–C) groups is 1. The van der Waals surface area contributed by atoms with Gasteiger partial charge < -0.3 is 14.2 Å². The normalized spacial score (nSPS) is 14.3. The van der Waals surface area contributed by atoms with E-state index in [-0.39, 0.29) is 5.70 Å². The molecule has 0 bridgehead atoms. The third-order valence-electron chi connectivity index (χ3n) is 4.75. The molecule has 0 saturated heterocycles. The van der Waals surface area contributed by atoms with Crippen LogP contribution in [0.4, 0.5) is 0 Å². The summed E-state index contributed by atoms with van der Waals surface area (Å²) in [4.78, 5) is 16.7. The maximum absolute atomic E-state index is 12.4. The van der Waals surface area contributed by atoms with Crippen LogP contribution in [0.5, 0.6) is 11.5 Å². The highest BCUT2D eigenvalue weighted by Gasteiger charge is 2.24. The second-order valence-corrected chi connectivity index (χ2v) is 9.56. The molecule has 32 heavy (non-hydrogen) atoms. The predicted octanol–water partition coefficient (Wildman–Crippen LogP) is 6.14. The molecule has 162 valence electrons. The van der Waals surface area contributed by atoms with Crippen molar-refractivity contribution in [2.24, 2.45) is 4.99 Å². The molecule has 1 aliphatic rings. The van der Waals surface area contributed by atoms with Crippen molar-refractivity contribution in [2.75, 3.05) is 7.11 Å². The highest BCUT2D eigenvalue weighted by atomic mass is 127. The van der Waals surface area contributed by atoms with Crippen LogP contribution < -0.4 is 9.47 Å². The number of carbonyl (C=O) groups is 1. The molecular formula is C25H19I2NO4. The lowest BCUT2D eigenvalue weighted by Gasteiger charge is -2.14. The number of ether oxygens (including phenoxy) is 3. The van der Waals surface area contributed by atoms with Gasteiger partial charge in [-0.05, 0) is 106 Å². The third-order valence-corrected chi connectivity index (χ3v) is 6.22. The first-order valence-corrected chi connectivity index (χ1v) is 11.9. The number of carbonyl (C=O) groups excluding carboxylic acids is 1. The Kier molecular flexibility index (Phi) is 7.14. The van der Waals surface area contributed by atoms with E-state index in [0.29, 0.717) is 24.0 Å². The SMILES string of the molecule is COc1cc(/C=C2\N=C(c3ccc(C)cc3)OC2=O)cc(I)c1OCc1cccc(I)c1. The van der Waals surface area contributed by atoms with Gasteiger partial charge in [-0.3, -0.25) is 0 Å². The van der Waals surface area contributed by atoms with E-state index in [0.717, 1.165) is 29.4 Å². The molecule has 5 nitrogen and oxygen atoms in total. The van der Waals surface area contributed by atoms with Crippen molar-refractivity contribution in [3.8, 4) is 11.5 Å². The topological polar surface area (TPSA) is 57.1 Å². The van der Waals surface area contributed by atoms with Crippen molar-refractivity contribution in [1.82, 2.24) is 0 Å². The predicted molar refractivity (Wildman–Crippen MR) is 141 cm³/mol. The van der Waals surface area contributed by atoms with Gasteiger partial charge in [-0.1, -0.05) is 29.8 Å². The Labute approximate surface area is 213 Å². The molecule has 0 radical (unpaired) electrons. The standard InChI is InChI=1S/C25H19I2NO4/c1-15-6-8-18(9-7-15)24-28-21(25(29)32-24)12-17-11-20(27)23(22(13-17)30-2)31-14-16-4-3-5-19(26)10-16/h3-13H,14H2,1-2H3/b21-12-. The lowest BCUT2D eigenvalue weighted by Crippen LogP contribution is -2.05. The first-order chi connectivity index (χ1) is 15.4. The van der Waals surface area contributed by atoms with Crippen LogP contribution in [0.25, 0.3) is 6.08 Å². The number of esters is 1. The van der Waals surface area contributed by atoms with E-state index in [9.17, 15) is 4.79 Å². The van der Waals surface area contributed by atoms with Crippen LogP contribution >= 0.6 is 45.2 Å². The van der Waals surface area contributed by atoms with Gasteiger partial charge in [0.05, 0.1) is 10.7 Å². The van der Waals surface area contributed by atoms with E-state index in [1.165, 1.54) is 0 Å². The molecule has 0 amide bonds.